The molecule has 4 heteroatoms. The van der Waals surface area contributed by atoms with Crippen LogP contribution < -0.4 is 0 Å². The zero-order valence-electron chi connectivity index (χ0n) is 9.89. The Morgan fingerprint density at radius 1 is 1.12 bits per heavy atom. The van der Waals surface area contributed by atoms with Crippen LogP contribution in [-0.2, 0) is 5.41 Å². The van der Waals surface area contributed by atoms with E-state index in [9.17, 15) is 13.2 Å². The summed E-state index contributed by atoms with van der Waals surface area (Å²) in [7, 11) is 0. The molecule has 0 bridgehead atoms. The summed E-state index contributed by atoms with van der Waals surface area (Å²) in [5.74, 6) is 0.129. The molecule has 1 heterocycles. The van der Waals surface area contributed by atoms with E-state index in [0.29, 0.717) is 5.69 Å². The lowest BCUT2D eigenvalue weighted by molar-refractivity contribution is -0.181. The second kappa shape index (κ2) is 4.07. The molecule has 0 aliphatic heterocycles. The smallest absolute Gasteiger partial charge is 0.257 e. The summed E-state index contributed by atoms with van der Waals surface area (Å²) in [5.41, 5.74) is -1.14. The van der Waals surface area contributed by atoms with Crippen LogP contribution in [0.1, 0.15) is 45.0 Å². The Balaban J connectivity index is 3.19. The van der Waals surface area contributed by atoms with E-state index >= 15 is 0 Å². The molecule has 0 saturated heterocycles. The van der Waals surface area contributed by atoms with Gasteiger partial charge in [-0.05, 0) is 31.9 Å². The van der Waals surface area contributed by atoms with Gasteiger partial charge in [-0.3, -0.25) is 4.98 Å². The molecule has 1 rings (SSSR count). The predicted molar refractivity (Wildman–Crippen MR) is 57.4 cm³/mol. The van der Waals surface area contributed by atoms with Crippen molar-refractivity contribution in [3.8, 4) is 0 Å². The molecule has 0 unspecified atom stereocenters. The van der Waals surface area contributed by atoms with Gasteiger partial charge in [0.15, 0.2) is 0 Å². The Bertz CT molecular complexity index is 367. The normalized spacial score (nSPS) is 13.2. The Hall–Kier alpha value is -1.06. The van der Waals surface area contributed by atoms with E-state index in [2.05, 4.69) is 4.98 Å². The van der Waals surface area contributed by atoms with E-state index in [1.165, 1.54) is 6.07 Å². The molecule has 1 nitrogen and oxygen atoms in total. The monoisotopic (exact) mass is 231 g/mol. The lowest BCUT2D eigenvalue weighted by atomic mass is 9.87. The third-order valence-electron chi connectivity index (χ3n) is 2.71. The van der Waals surface area contributed by atoms with Gasteiger partial charge >= 0.3 is 6.18 Å². The molecule has 0 saturated carbocycles. The summed E-state index contributed by atoms with van der Waals surface area (Å²) in [6, 6.07) is 4.81. The zero-order chi connectivity index (χ0) is 12.6. The third-order valence-corrected chi connectivity index (χ3v) is 2.71. The molecule has 16 heavy (non-hydrogen) atoms. The van der Waals surface area contributed by atoms with Crippen LogP contribution in [0, 0.1) is 0 Å². The SMILES string of the molecule is CC(C)c1cccc(C(C)(C)C(F)(F)F)n1. The third kappa shape index (κ3) is 2.36. The molecule has 1 aromatic heterocycles. The lowest BCUT2D eigenvalue weighted by Crippen LogP contribution is -2.37. The first-order valence-electron chi connectivity index (χ1n) is 5.20. The molecule has 0 radical (unpaired) electrons. The summed E-state index contributed by atoms with van der Waals surface area (Å²) < 4.78 is 38.4. The number of alkyl halides is 3. The van der Waals surface area contributed by atoms with Gasteiger partial charge in [0, 0.05) is 5.69 Å². The first kappa shape index (κ1) is 13.0. The van der Waals surface area contributed by atoms with Gasteiger partial charge in [-0.25, -0.2) is 0 Å². The molecule has 0 spiro atoms. The molecule has 0 fully saturated rings. The van der Waals surface area contributed by atoms with Crippen molar-refractivity contribution in [2.45, 2.75) is 45.2 Å². The summed E-state index contributed by atoms with van der Waals surface area (Å²) in [4.78, 5) is 4.09. The average molecular weight is 231 g/mol. The van der Waals surface area contributed by atoms with E-state index in [1.54, 1.807) is 12.1 Å². The predicted octanol–water partition coefficient (Wildman–Crippen LogP) is 4.04. The minimum atomic E-state index is -4.28. The van der Waals surface area contributed by atoms with Crippen LogP contribution in [-0.4, -0.2) is 11.2 Å². The van der Waals surface area contributed by atoms with Crippen LogP contribution in [0.5, 0.6) is 0 Å². The van der Waals surface area contributed by atoms with E-state index in [4.69, 9.17) is 0 Å². The van der Waals surface area contributed by atoms with Crippen LogP contribution in [0.15, 0.2) is 18.2 Å². The number of halogens is 3. The van der Waals surface area contributed by atoms with Crippen LogP contribution >= 0.6 is 0 Å². The number of rotatable bonds is 2. The number of hydrogen-bond donors (Lipinski definition) is 0. The van der Waals surface area contributed by atoms with Crippen molar-refractivity contribution >= 4 is 0 Å². The maximum atomic E-state index is 12.8. The molecular weight excluding hydrogens is 215 g/mol. The van der Waals surface area contributed by atoms with Crippen molar-refractivity contribution in [1.29, 1.82) is 0 Å². The Morgan fingerprint density at radius 3 is 2.12 bits per heavy atom. The largest absolute Gasteiger partial charge is 0.399 e. The molecule has 90 valence electrons. The van der Waals surface area contributed by atoms with Crippen LogP contribution in [0.3, 0.4) is 0 Å². The first-order valence-corrected chi connectivity index (χ1v) is 5.20. The minimum Gasteiger partial charge on any atom is -0.257 e. The highest BCUT2D eigenvalue weighted by Gasteiger charge is 2.49. The van der Waals surface area contributed by atoms with E-state index in [0.717, 1.165) is 13.8 Å². The lowest BCUT2D eigenvalue weighted by Gasteiger charge is -2.27. The Labute approximate surface area is 93.7 Å². The van der Waals surface area contributed by atoms with Crippen molar-refractivity contribution in [2.24, 2.45) is 0 Å². The minimum absolute atomic E-state index is 0.0752. The fourth-order valence-electron chi connectivity index (χ4n) is 1.27. The van der Waals surface area contributed by atoms with Crippen LogP contribution in [0.2, 0.25) is 0 Å². The summed E-state index contributed by atoms with van der Waals surface area (Å²) >= 11 is 0. The van der Waals surface area contributed by atoms with Crippen molar-refractivity contribution in [3.05, 3.63) is 29.6 Å². The van der Waals surface area contributed by atoms with Gasteiger partial charge in [0.25, 0.3) is 0 Å². The van der Waals surface area contributed by atoms with E-state index in [-0.39, 0.29) is 11.6 Å². The fraction of sp³-hybridized carbons (Fsp3) is 0.583. The molecule has 0 aromatic carbocycles. The molecule has 1 aromatic rings. The standard InChI is InChI=1S/C12H16F3N/c1-8(2)9-6-5-7-10(16-9)11(3,4)12(13,14)15/h5-8H,1-4H3. The highest BCUT2D eigenvalue weighted by Crippen LogP contribution is 2.39. The second-order valence-corrected chi connectivity index (χ2v) is 4.73. The first-order chi connectivity index (χ1) is 7.16. The fourth-order valence-corrected chi connectivity index (χ4v) is 1.27. The van der Waals surface area contributed by atoms with Gasteiger partial charge in [-0.2, -0.15) is 13.2 Å². The number of nitrogens with zero attached hydrogens (tertiary/aromatic N) is 1. The molecule has 0 N–H and O–H groups in total. The van der Waals surface area contributed by atoms with Gasteiger partial charge in [-0.1, -0.05) is 19.9 Å². The zero-order valence-corrected chi connectivity index (χ0v) is 9.89. The van der Waals surface area contributed by atoms with Gasteiger partial charge < -0.3 is 0 Å². The van der Waals surface area contributed by atoms with E-state index < -0.39 is 11.6 Å². The van der Waals surface area contributed by atoms with Gasteiger partial charge in [0.2, 0.25) is 0 Å². The van der Waals surface area contributed by atoms with Crippen molar-refractivity contribution in [2.75, 3.05) is 0 Å². The van der Waals surface area contributed by atoms with Crippen molar-refractivity contribution in [3.63, 3.8) is 0 Å². The van der Waals surface area contributed by atoms with Crippen molar-refractivity contribution in [1.82, 2.24) is 4.98 Å². The Kier molecular flexibility index (Phi) is 3.31. The summed E-state index contributed by atoms with van der Waals surface area (Å²) in [6.07, 6.45) is -4.28. The van der Waals surface area contributed by atoms with Gasteiger partial charge in [-0.15, -0.1) is 0 Å². The quantitative estimate of drug-likeness (QED) is 0.748. The summed E-state index contributed by atoms with van der Waals surface area (Å²) in [5, 5.41) is 0. The van der Waals surface area contributed by atoms with Crippen LogP contribution in [0.4, 0.5) is 13.2 Å². The number of pyridine rings is 1. The average Bonchev–Trinajstić information content (AvgIpc) is 2.16. The van der Waals surface area contributed by atoms with Crippen molar-refractivity contribution < 1.29 is 13.2 Å². The molecular formula is C12H16F3N. The Morgan fingerprint density at radius 2 is 1.69 bits per heavy atom. The maximum absolute atomic E-state index is 12.8. The topological polar surface area (TPSA) is 12.9 Å². The molecule has 0 amide bonds. The highest BCUT2D eigenvalue weighted by molar-refractivity contribution is 5.21. The van der Waals surface area contributed by atoms with Crippen LogP contribution in [0.25, 0.3) is 0 Å². The molecule has 0 atom stereocenters. The van der Waals surface area contributed by atoms with E-state index in [1.807, 2.05) is 13.8 Å². The highest BCUT2D eigenvalue weighted by atomic mass is 19.4. The maximum Gasteiger partial charge on any atom is 0.399 e. The van der Waals surface area contributed by atoms with Gasteiger partial charge in [0.1, 0.15) is 5.41 Å². The number of aromatic nitrogens is 1. The second-order valence-electron chi connectivity index (χ2n) is 4.73. The van der Waals surface area contributed by atoms with Gasteiger partial charge in [0.05, 0.1) is 5.69 Å². The molecule has 0 aliphatic rings. The summed E-state index contributed by atoms with van der Waals surface area (Å²) in [6.45, 7) is 6.12. The number of hydrogen-bond acceptors (Lipinski definition) is 1. The molecule has 0 aliphatic carbocycles.